The summed E-state index contributed by atoms with van der Waals surface area (Å²) in [6.45, 7) is 5.55. The number of ether oxygens (including phenoxy) is 1. The molecule has 1 atom stereocenters. The lowest BCUT2D eigenvalue weighted by Crippen LogP contribution is -2.33. The third kappa shape index (κ3) is 9.28. The van der Waals surface area contributed by atoms with Crippen LogP contribution in [-0.4, -0.2) is 41.1 Å². The Morgan fingerprint density at radius 3 is 2.43 bits per heavy atom. The van der Waals surface area contributed by atoms with Crippen molar-refractivity contribution in [2.45, 2.75) is 51.7 Å². The van der Waals surface area contributed by atoms with Crippen LogP contribution in [0.25, 0.3) is 10.4 Å². The number of hydrogen-bond acceptors (Lipinski definition) is 5. The van der Waals surface area contributed by atoms with Crippen molar-refractivity contribution in [2.24, 2.45) is 5.11 Å². The standard InChI is InChI=1S/C12H20N4O5/c1-12(2,3)21-11(20)14-7-5-4-6-8(15-16-13)9(17)10(18)19/h8H,4-7H2,1-3H3,(H,14,20)(H,18,19)/t8-/m0/s1. The minimum Gasteiger partial charge on any atom is -0.475 e. The maximum Gasteiger partial charge on any atom is 0.407 e. The number of Topliss-reactive ketones (excluding diaryl/α,β-unsaturated/α-hetero) is 1. The fourth-order valence-electron chi connectivity index (χ4n) is 1.41. The number of carboxylic acid groups (broad SMARTS) is 1. The van der Waals surface area contributed by atoms with Crippen molar-refractivity contribution in [3.05, 3.63) is 10.4 Å². The molecule has 0 saturated heterocycles. The number of alkyl carbamates (subject to hydrolysis) is 1. The first-order valence-corrected chi connectivity index (χ1v) is 6.45. The fourth-order valence-corrected chi connectivity index (χ4v) is 1.41. The van der Waals surface area contributed by atoms with E-state index in [9.17, 15) is 14.4 Å². The minimum atomic E-state index is -1.63. The molecule has 0 bridgehead atoms. The number of carbonyl (C=O) groups excluding carboxylic acids is 2. The Morgan fingerprint density at radius 1 is 1.33 bits per heavy atom. The summed E-state index contributed by atoms with van der Waals surface area (Å²) in [6, 6.07) is -1.21. The van der Waals surface area contributed by atoms with Crippen LogP contribution in [-0.2, 0) is 14.3 Å². The zero-order valence-corrected chi connectivity index (χ0v) is 12.3. The molecule has 0 radical (unpaired) electrons. The van der Waals surface area contributed by atoms with E-state index < -0.39 is 29.5 Å². The van der Waals surface area contributed by atoms with Crippen LogP contribution >= 0.6 is 0 Å². The molecule has 118 valence electrons. The quantitative estimate of drug-likeness (QED) is 0.232. The predicted octanol–water partition coefficient (Wildman–Crippen LogP) is 2.01. The van der Waals surface area contributed by atoms with Gasteiger partial charge in [0.15, 0.2) is 0 Å². The molecule has 21 heavy (non-hydrogen) atoms. The van der Waals surface area contributed by atoms with Crippen LogP contribution in [0.5, 0.6) is 0 Å². The number of carboxylic acids is 1. The first-order chi connectivity index (χ1) is 9.67. The Balaban J connectivity index is 4.02. The number of rotatable bonds is 8. The molecule has 0 saturated carbocycles. The highest BCUT2D eigenvalue weighted by atomic mass is 16.6. The van der Waals surface area contributed by atoms with Gasteiger partial charge < -0.3 is 15.2 Å². The summed E-state index contributed by atoms with van der Waals surface area (Å²) in [5.74, 6) is -2.76. The molecule has 0 spiro atoms. The summed E-state index contributed by atoms with van der Waals surface area (Å²) >= 11 is 0. The zero-order valence-electron chi connectivity index (χ0n) is 12.3. The van der Waals surface area contributed by atoms with Gasteiger partial charge in [-0.05, 0) is 39.1 Å². The van der Waals surface area contributed by atoms with E-state index in [2.05, 4.69) is 15.3 Å². The van der Waals surface area contributed by atoms with Crippen LogP contribution in [0.1, 0.15) is 40.0 Å². The van der Waals surface area contributed by atoms with Crippen molar-refractivity contribution >= 4 is 17.8 Å². The number of aliphatic carboxylic acids is 1. The second kappa shape index (κ2) is 8.80. The number of nitrogens with one attached hydrogen (secondary N) is 1. The van der Waals surface area contributed by atoms with E-state index in [1.54, 1.807) is 20.8 Å². The molecule has 0 aromatic carbocycles. The normalized spacial score (nSPS) is 12.0. The molecule has 0 heterocycles. The second-order valence-electron chi connectivity index (χ2n) is 5.31. The number of hydrogen-bond donors (Lipinski definition) is 2. The highest BCUT2D eigenvalue weighted by Gasteiger charge is 2.23. The van der Waals surface area contributed by atoms with Gasteiger partial charge in [0, 0.05) is 11.5 Å². The lowest BCUT2D eigenvalue weighted by molar-refractivity contribution is -0.149. The van der Waals surface area contributed by atoms with Gasteiger partial charge in [0.1, 0.15) is 11.6 Å². The van der Waals surface area contributed by atoms with E-state index in [-0.39, 0.29) is 6.42 Å². The molecule has 0 aliphatic heterocycles. The van der Waals surface area contributed by atoms with Gasteiger partial charge in [-0.3, -0.25) is 4.79 Å². The summed E-state index contributed by atoms with van der Waals surface area (Å²) in [5.41, 5.74) is 7.71. The first-order valence-electron chi connectivity index (χ1n) is 6.45. The average molecular weight is 300 g/mol. The highest BCUT2D eigenvalue weighted by molar-refractivity contribution is 6.34. The van der Waals surface area contributed by atoms with Crippen LogP contribution < -0.4 is 5.32 Å². The summed E-state index contributed by atoms with van der Waals surface area (Å²) in [4.78, 5) is 35.5. The number of nitrogens with zero attached hydrogens (tertiary/aromatic N) is 3. The Bertz CT molecular complexity index is 437. The van der Waals surface area contributed by atoms with Crippen molar-refractivity contribution < 1.29 is 24.2 Å². The molecule has 9 heteroatoms. The average Bonchev–Trinajstić information content (AvgIpc) is 2.33. The molecule has 0 aliphatic rings. The van der Waals surface area contributed by atoms with Gasteiger partial charge in [-0.2, -0.15) is 0 Å². The largest absolute Gasteiger partial charge is 0.475 e. The molecule has 0 rings (SSSR count). The van der Waals surface area contributed by atoms with E-state index in [1.165, 1.54) is 0 Å². The SMILES string of the molecule is CC(C)(C)OC(=O)NCCCC[C@H](N=[N+]=[N-])C(=O)C(=O)O. The zero-order chi connectivity index (χ0) is 16.5. The number of ketones is 1. The van der Waals surface area contributed by atoms with Crippen molar-refractivity contribution in [1.29, 1.82) is 0 Å². The molecule has 0 unspecified atom stereocenters. The van der Waals surface area contributed by atoms with Gasteiger partial charge in [0.2, 0.25) is 5.78 Å². The maximum absolute atomic E-state index is 11.3. The topological polar surface area (TPSA) is 141 Å². The van der Waals surface area contributed by atoms with Gasteiger partial charge in [0.25, 0.3) is 0 Å². The molecule has 2 N–H and O–H groups in total. The van der Waals surface area contributed by atoms with Crippen LogP contribution in [0.4, 0.5) is 4.79 Å². The molecule has 9 nitrogen and oxygen atoms in total. The van der Waals surface area contributed by atoms with Crippen molar-refractivity contribution in [2.75, 3.05) is 6.54 Å². The van der Waals surface area contributed by atoms with Crippen LogP contribution in [0, 0.1) is 0 Å². The Kier molecular flexibility index (Phi) is 7.85. The number of amides is 1. The molecule has 0 aromatic heterocycles. The van der Waals surface area contributed by atoms with Crippen molar-refractivity contribution in [1.82, 2.24) is 5.32 Å². The summed E-state index contributed by atoms with van der Waals surface area (Å²) in [5, 5.41) is 14.3. The lowest BCUT2D eigenvalue weighted by atomic mass is 10.1. The van der Waals surface area contributed by atoms with Crippen LogP contribution in [0.3, 0.4) is 0 Å². The Labute approximate surface area is 122 Å². The molecule has 1 amide bonds. The van der Waals surface area contributed by atoms with Gasteiger partial charge >= 0.3 is 12.1 Å². The first kappa shape index (κ1) is 18.7. The maximum atomic E-state index is 11.3. The summed E-state index contributed by atoms with van der Waals surface area (Å²) in [6.07, 6.45) is 0.503. The number of unbranched alkanes of at least 4 members (excludes halogenated alkanes) is 1. The van der Waals surface area contributed by atoms with Crippen LogP contribution in [0.15, 0.2) is 5.11 Å². The number of carbonyl (C=O) groups is 3. The third-order valence-corrected chi connectivity index (χ3v) is 2.28. The van der Waals surface area contributed by atoms with E-state index in [0.717, 1.165) is 0 Å². The molecule has 0 fully saturated rings. The van der Waals surface area contributed by atoms with E-state index in [1.807, 2.05) is 0 Å². The Hall–Kier alpha value is -2.28. The van der Waals surface area contributed by atoms with E-state index >= 15 is 0 Å². The molecule has 0 aliphatic carbocycles. The molecular weight excluding hydrogens is 280 g/mol. The van der Waals surface area contributed by atoms with Crippen molar-refractivity contribution in [3.8, 4) is 0 Å². The fraction of sp³-hybridized carbons (Fsp3) is 0.750. The summed E-state index contributed by atoms with van der Waals surface area (Å²) < 4.78 is 5.03. The Morgan fingerprint density at radius 2 is 1.95 bits per heavy atom. The predicted molar refractivity (Wildman–Crippen MR) is 73.7 cm³/mol. The molecular formula is C12H20N4O5. The highest BCUT2D eigenvalue weighted by Crippen LogP contribution is 2.08. The van der Waals surface area contributed by atoms with Gasteiger partial charge in [-0.15, -0.1) is 0 Å². The summed E-state index contributed by atoms with van der Waals surface area (Å²) in [7, 11) is 0. The smallest absolute Gasteiger partial charge is 0.407 e. The lowest BCUT2D eigenvalue weighted by Gasteiger charge is -2.19. The van der Waals surface area contributed by atoms with Gasteiger partial charge in [0.05, 0.1) is 0 Å². The van der Waals surface area contributed by atoms with E-state index in [0.29, 0.717) is 19.4 Å². The van der Waals surface area contributed by atoms with Gasteiger partial charge in [-0.1, -0.05) is 11.5 Å². The third-order valence-electron chi connectivity index (χ3n) is 2.28. The van der Waals surface area contributed by atoms with Crippen molar-refractivity contribution in [3.63, 3.8) is 0 Å². The number of azide groups is 1. The van der Waals surface area contributed by atoms with Gasteiger partial charge in [-0.25, -0.2) is 9.59 Å². The molecule has 0 aromatic rings. The minimum absolute atomic E-state index is 0.116. The van der Waals surface area contributed by atoms with Crippen LogP contribution in [0.2, 0.25) is 0 Å². The second-order valence-corrected chi connectivity index (χ2v) is 5.31. The monoisotopic (exact) mass is 300 g/mol. The van der Waals surface area contributed by atoms with E-state index in [4.69, 9.17) is 15.4 Å².